The Bertz CT molecular complexity index is 1990. The van der Waals surface area contributed by atoms with Gasteiger partial charge < -0.3 is 9.30 Å². The van der Waals surface area contributed by atoms with Crippen LogP contribution < -0.4 is 14.9 Å². The number of hydrogen-bond donors (Lipinski definition) is 0. The van der Waals surface area contributed by atoms with E-state index in [0.717, 1.165) is 32.8 Å². The molecule has 0 radical (unpaired) electrons. The Labute approximate surface area is 229 Å². The number of aromatic nitrogens is 2. The molecule has 0 fully saturated rings. The summed E-state index contributed by atoms with van der Waals surface area (Å²) in [5.41, 5.74) is 3.63. The average Bonchev–Trinajstić information content (AvgIpc) is 3.44. The van der Waals surface area contributed by atoms with Gasteiger partial charge in [0.1, 0.15) is 0 Å². The van der Waals surface area contributed by atoms with E-state index in [4.69, 9.17) is 9.73 Å². The molecule has 0 spiro atoms. The number of hydrogen-bond acceptors (Lipinski definition) is 5. The highest BCUT2D eigenvalue weighted by Gasteiger charge is 2.34. The molecule has 0 bridgehead atoms. The van der Waals surface area contributed by atoms with Crippen LogP contribution in [-0.2, 0) is 16.1 Å². The van der Waals surface area contributed by atoms with Gasteiger partial charge in [-0.15, -0.1) is 6.58 Å². The molecule has 6 rings (SSSR count). The van der Waals surface area contributed by atoms with Crippen LogP contribution in [-0.4, -0.2) is 21.7 Å². The molecular weight excluding hydrogens is 506 g/mol. The molecule has 194 valence electrons. The van der Waals surface area contributed by atoms with Crippen molar-refractivity contribution in [3.05, 3.63) is 128 Å². The van der Waals surface area contributed by atoms with E-state index in [9.17, 15) is 9.59 Å². The van der Waals surface area contributed by atoms with Gasteiger partial charge in [-0.1, -0.05) is 78.1 Å². The van der Waals surface area contributed by atoms with Crippen molar-refractivity contribution in [3.8, 4) is 0 Å². The topological polar surface area (TPSA) is 65.6 Å². The predicted molar refractivity (Wildman–Crippen MR) is 156 cm³/mol. The molecule has 5 aromatic rings. The van der Waals surface area contributed by atoms with Crippen molar-refractivity contribution in [1.82, 2.24) is 9.13 Å². The fraction of sp³-hybridized carbons (Fsp3) is 0.156. The van der Waals surface area contributed by atoms with E-state index in [1.165, 1.54) is 11.3 Å². The van der Waals surface area contributed by atoms with Crippen LogP contribution in [0.15, 0.2) is 107 Å². The molecule has 0 unspecified atom stereocenters. The summed E-state index contributed by atoms with van der Waals surface area (Å²) in [5.74, 6) is -0.460. The Morgan fingerprint density at radius 3 is 2.62 bits per heavy atom. The van der Waals surface area contributed by atoms with Gasteiger partial charge in [-0.25, -0.2) is 9.79 Å². The van der Waals surface area contributed by atoms with Crippen LogP contribution >= 0.6 is 11.3 Å². The maximum absolute atomic E-state index is 14.1. The first kappa shape index (κ1) is 24.8. The number of thiazole rings is 1. The molecule has 7 heteroatoms. The average molecular weight is 534 g/mol. The molecule has 1 atom stereocenters. The molecule has 0 saturated heterocycles. The normalized spacial score (nSPS) is 15.4. The van der Waals surface area contributed by atoms with E-state index < -0.39 is 12.0 Å². The number of benzene rings is 3. The first-order chi connectivity index (χ1) is 19.0. The molecule has 2 aromatic heterocycles. The van der Waals surface area contributed by atoms with Crippen LogP contribution in [0.4, 0.5) is 0 Å². The van der Waals surface area contributed by atoms with E-state index in [1.807, 2.05) is 79.9 Å². The number of ether oxygens (including phenoxy) is 1. The van der Waals surface area contributed by atoms with E-state index in [2.05, 4.69) is 23.3 Å². The van der Waals surface area contributed by atoms with E-state index in [1.54, 1.807) is 11.5 Å². The number of nitrogens with zero attached hydrogens (tertiary/aromatic N) is 3. The first-order valence-electron chi connectivity index (χ1n) is 12.9. The number of esters is 1. The molecule has 1 aliphatic rings. The van der Waals surface area contributed by atoms with Gasteiger partial charge in [-0.3, -0.25) is 9.36 Å². The quantitative estimate of drug-likeness (QED) is 0.226. The Kier molecular flexibility index (Phi) is 6.37. The molecule has 0 amide bonds. The number of allylic oxidation sites excluding steroid dienone is 2. The minimum absolute atomic E-state index is 0.188. The molecule has 0 aliphatic carbocycles. The monoisotopic (exact) mass is 533 g/mol. The molecule has 0 N–H and O–H groups in total. The van der Waals surface area contributed by atoms with Crippen molar-refractivity contribution >= 4 is 45.1 Å². The van der Waals surface area contributed by atoms with Crippen LogP contribution in [0.2, 0.25) is 0 Å². The third-order valence-corrected chi connectivity index (χ3v) is 8.05. The largest absolute Gasteiger partial charge is 0.463 e. The fourth-order valence-corrected chi connectivity index (χ4v) is 6.43. The highest BCUT2D eigenvalue weighted by atomic mass is 32.1. The Balaban J connectivity index is 1.62. The van der Waals surface area contributed by atoms with Gasteiger partial charge in [0.15, 0.2) is 4.80 Å². The Hall–Kier alpha value is -4.49. The lowest BCUT2D eigenvalue weighted by atomic mass is 9.91. The second-order valence-corrected chi connectivity index (χ2v) is 10.4. The molecule has 39 heavy (non-hydrogen) atoms. The Morgan fingerprint density at radius 2 is 1.82 bits per heavy atom. The van der Waals surface area contributed by atoms with Crippen molar-refractivity contribution in [2.45, 2.75) is 26.4 Å². The predicted octanol–water partition coefficient (Wildman–Crippen LogP) is 5.09. The van der Waals surface area contributed by atoms with Gasteiger partial charge in [-0.05, 0) is 42.3 Å². The maximum atomic E-state index is 14.1. The standard InChI is InChI=1S/C32H27N3O3S/c1-4-17-34-19-22(24-14-8-9-16-26(24)34)18-27-30(36)35-29(25-15-10-12-21-11-6-7-13-23(21)25)28(31(37)38-5-2)20(3)33-32(35)39-27/h4,6-16,18-19,29H,1,5,17H2,2-3H3/b27-18-/t29-/m1/s1. The second kappa shape index (κ2) is 10.0. The van der Waals surface area contributed by atoms with Crippen LogP contribution in [0.3, 0.4) is 0 Å². The summed E-state index contributed by atoms with van der Waals surface area (Å²) in [7, 11) is 0. The third-order valence-electron chi connectivity index (χ3n) is 7.07. The second-order valence-electron chi connectivity index (χ2n) is 9.41. The summed E-state index contributed by atoms with van der Waals surface area (Å²) >= 11 is 1.34. The summed E-state index contributed by atoms with van der Waals surface area (Å²) in [6.45, 7) is 8.36. The van der Waals surface area contributed by atoms with Crippen LogP contribution in [0.25, 0.3) is 27.8 Å². The summed E-state index contributed by atoms with van der Waals surface area (Å²) < 4.78 is 9.78. The fourth-order valence-electron chi connectivity index (χ4n) is 5.40. The number of rotatable bonds is 6. The first-order valence-corrected chi connectivity index (χ1v) is 13.7. The SMILES string of the molecule is C=CCn1cc(/C=c2\sc3n(c2=O)[C@H](c2cccc4ccccc24)C(C(=O)OCC)=C(C)N=3)c2ccccc21. The molecule has 1 aliphatic heterocycles. The third kappa shape index (κ3) is 4.15. The lowest BCUT2D eigenvalue weighted by Crippen LogP contribution is -2.40. The van der Waals surface area contributed by atoms with Crippen molar-refractivity contribution in [1.29, 1.82) is 0 Å². The highest BCUT2D eigenvalue weighted by Crippen LogP contribution is 2.34. The lowest BCUT2D eigenvalue weighted by molar-refractivity contribution is -0.139. The number of carbonyl (C=O) groups is 1. The van der Waals surface area contributed by atoms with Crippen molar-refractivity contribution in [2.24, 2.45) is 4.99 Å². The van der Waals surface area contributed by atoms with E-state index in [0.29, 0.717) is 27.1 Å². The van der Waals surface area contributed by atoms with Crippen LogP contribution in [0.1, 0.15) is 31.0 Å². The molecule has 3 heterocycles. The maximum Gasteiger partial charge on any atom is 0.338 e. The van der Waals surface area contributed by atoms with Crippen LogP contribution in [0.5, 0.6) is 0 Å². The molecule has 3 aromatic carbocycles. The Morgan fingerprint density at radius 1 is 1.08 bits per heavy atom. The van der Waals surface area contributed by atoms with E-state index in [-0.39, 0.29) is 12.2 Å². The summed E-state index contributed by atoms with van der Waals surface area (Å²) in [4.78, 5) is 32.7. The summed E-state index contributed by atoms with van der Waals surface area (Å²) in [5, 5.41) is 3.06. The van der Waals surface area contributed by atoms with E-state index >= 15 is 0 Å². The minimum atomic E-state index is -0.657. The lowest BCUT2D eigenvalue weighted by Gasteiger charge is -2.25. The molecular formula is C32H27N3O3S. The van der Waals surface area contributed by atoms with Gasteiger partial charge in [-0.2, -0.15) is 0 Å². The zero-order valence-corrected chi connectivity index (χ0v) is 22.6. The number of para-hydroxylation sites is 1. The zero-order valence-electron chi connectivity index (χ0n) is 21.8. The highest BCUT2D eigenvalue weighted by molar-refractivity contribution is 7.07. The summed E-state index contributed by atoms with van der Waals surface area (Å²) in [6, 6.07) is 21.4. The van der Waals surface area contributed by atoms with Gasteiger partial charge in [0.05, 0.1) is 28.5 Å². The van der Waals surface area contributed by atoms with Gasteiger partial charge in [0.25, 0.3) is 5.56 Å². The molecule has 0 saturated carbocycles. The smallest absolute Gasteiger partial charge is 0.338 e. The van der Waals surface area contributed by atoms with Crippen molar-refractivity contribution in [3.63, 3.8) is 0 Å². The van der Waals surface area contributed by atoms with Gasteiger partial charge >= 0.3 is 5.97 Å². The number of carbonyl (C=O) groups excluding carboxylic acids is 1. The van der Waals surface area contributed by atoms with Crippen molar-refractivity contribution < 1.29 is 9.53 Å². The summed E-state index contributed by atoms with van der Waals surface area (Å²) in [6.07, 6.45) is 5.82. The zero-order chi connectivity index (χ0) is 27.1. The van der Waals surface area contributed by atoms with Gasteiger partial charge in [0, 0.05) is 29.2 Å². The van der Waals surface area contributed by atoms with Gasteiger partial charge in [0.2, 0.25) is 0 Å². The van der Waals surface area contributed by atoms with Crippen molar-refractivity contribution in [2.75, 3.05) is 6.61 Å². The van der Waals surface area contributed by atoms with Crippen LogP contribution in [0, 0.1) is 0 Å². The minimum Gasteiger partial charge on any atom is -0.463 e. The molecule has 6 nitrogen and oxygen atoms in total. The number of fused-ring (bicyclic) bond motifs is 3.